The van der Waals surface area contributed by atoms with Gasteiger partial charge in [0.25, 0.3) is 0 Å². The molecule has 0 saturated heterocycles. The molecule has 0 aromatic heterocycles. The van der Waals surface area contributed by atoms with Gasteiger partial charge in [0.1, 0.15) is 5.75 Å². The van der Waals surface area contributed by atoms with Crippen molar-refractivity contribution in [3.8, 4) is 5.75 Å². The molecule has 1 amide bonds. The Morgan fingerprint density at radius 1 is 1.18 bits per heavy atom. The van der Waals surface area contributed by atoms with Crippen LogP contribution in [0.3, 0.4) is 0 Å². The monoisotopic (exact) mass is 306 g/mol. The lowest BCUT2D eigenvalue weighted by Crippen LogP contribution is -2.33. The first-order valence-electron chi connectivity index (χ1n) is 8.20. The standard InChI is InChI=1S/C18H30N2O2/c1-14(2)22-17-11-9-16(10-12-17)8-7-15(3)20-18(21)6-5-13-19-4/h9-12,14-15,19H,5-8,13H2,1-4H3,(H,20,21). The van der Waals surface area contributed by atoms with Gasteiger partial charge in [-0.05, 0) is 71.3 Å². The Hall–Kier alpha value is -1.55. The second-order valence-electron chi connectivity index (χ2n) is 6.02. The molecule has 22 heavy (non-hydrogen) atoms. The second kappa shape index (κ2) is 10.2. The van der Waals surface area contributed by atoms with Crippen LogP contribution in [0.4, 0.5) is 0 Å². The minimum Gasteiger partial charge on any atom is -0.491 e. The van der Waals surface area contributed by atoms with Crippen molar-refractivity contribution in [1.29, 1.82) is 0 Å². The highest BCUT2D eigenvalue weighted by molar-refractivity contribution is 5.76. The van der Waals surface area contributed by atoms with Crippen molar-refractivity contribution in [2.75, 3.05) is 13.6 Å². The smallest absolute Gasteiger partial charge is 0.220 e. The lowest BCUT2D eigenvalue weighted by atomic mass is 10.1. The molecule has 0 radical (unpaired) electrons. The molecule has 1 aromatic carbocycles. The van der Waals surface area contributed by atoms with Gasteiger partial charge in [-0.3, -0.25) is 4.79 Å². The van der Waals surface area contributed by atoms with E-state index in [0.717, 1.165) is 31.6 Å². The summed E-state index contributed by atoms with van der Waals surface area (Å²) in [6.07, 6.45) is 3.57. The predicted molar refractivity (Wildman–Crippen MR) is 91.3 cm³/mol. The number of nitrogens with one attached hydrogen (secondary N) is 2. The first-order valence-corrected chi connectivity index (χ1v) is 8.20. The molecule has 4 nitrogen and oxygen atoms in total. The Balaban J connectivity index is 2.28. The second-order valence-corrected chi connectivity index (χ2v) is 6.02. The fourth-order valence-corrected chi connectivity index (χ4v) is 2.23. The molecule has 0 fully saturated rings. The third-order valence-electron chi connectivity index (χ3n) is 3.40. The van der Waals surface area contributed by atoms with E-state index < -0.39 is 0 Å². The minimum absolute atomic E-state index is 0.142. The SMILES string of the molecule is CNCCCC(=O)NC(C)CCc1ccc(OC(C)C)cc1. The number of carbonyl (C=O) groups excluding carboxylic acids is 1. The van der Waals surface area contributed by atoms with Crippen molar-refractivity contribution in [3.05, 3.63) is 29.8 Å². The van der Waals surface area contributed by atoms with Crippen LogP contribution in [0.2, 0.25) is 0 Å². The van der Waals surface area contributed by atoms with Crippen LogP contribution in [-0.4, -0.2) is 31.6 Å². The summed E-state index contributed by atoms with van der Waals surface area (Å²) in [4.78, 5) is 11.7. The fraction of sp³-hybridized carbons (Fsp3) is 0.611. The first kappa shape index (κ1) is 18.5. The van der Waals surface area contributed by atoms with Crippen molar-refractivity contribution >= 4 is 5.91 Å². The van der Waals surface area contributed by atoms with E-state index in [1.165, 1.54) is 5.56 Å². The van der Waals surface area contributed by atoms with Crippen LogP contribution in [0.1, 0.15) is 45.6 Å². The summed E-state index contributed by atoms with van der Waals surface area (Å²) in [6, 6.07) is 8.42. The maximum absolute atomic E-state index is 11.7. The van der Waals surface area contributed by atoms with Crippen LogP contribution in [0.15, 0.2) is 24.3 Å². The third-order valence-corrected chi connectivity index (χ3v) is 3.40. The Labute approximate surface area is 134 Å². The summed E-state index contributed by atoms with van der Waals surface area (Å²) in [6.45, 7) is 6.99. The maximum atomic E-state index is 11.7. The molecule has 1 atom stereocenters. The van der Waals surface area contributed by atoms with Gasteiger partial charge in [0, 0.05) is 12.5 Å². The van der Waals surface area contributed by atoms with E-state index in [1.807, 2.05) is 33.0 Å². The van der Waals surface area contributed by atoms with E-state index in [4.69, 9.17) is 4.74 Å². The van der Waals surface area contributed by atoms with Gasteiger partial charge in [-0.15, -0.1) is 0 Å². The largest absolute Gasteiger partial charge is 0.491 e. The van der Waals surface area contributed by atoms with E-state index in [9.17, 15) is 4.79 Å². The molecule has 0 aliphatic rings. The van der Waals surface area contributed by atoms with Crippen molar-refractivity contribution in [1.82, 2.24) is 10.6 Å². The summed E-state index contributed by atoms with van der Waals surface area (Å²) < 4.78 is 5.63. The zero-order chi connectivity index (χ0) is 16.4. The molecule has 0 aliphatic heterocycles. The Morgan fingerprint density at radius 2 is 1.86 bits per heavy atom. The van der Waals surface area contributed by atoms with Gasteiger partial charge in [-0.1, -0.05) is 12.1 Å². The van der Waals surface area contributed by atoms with Gasteiger partial charge in [-0.2, -0.15) is 0 Å². The highest BCUT2D eigenvalue weighted by Crippen LogP contribution is 2.15. The molecular formula is C18H30N2O2. The molecule has 0 bridgehead atoms. The van der Waals surface area contributed by atoms with Crippen LogP contribution < -0.4 is 15.4 Å². The summed E-state index contributed by atoms with van der Waals surface area (Å²) in [5.74, 6) is 1.05. The van der Waals surface area contributed by atoms with Gasteiger partial charge in [0.2, 0.25) is 5.91 Å². The fourth-order valence-electron chi connectivity index (χ4n) is 2.23. The van der Waals surface area contributed by atoms with Crippen LogP contribution in [0, 0.1) is 0 Å². The van der Waals surface area contributed by atoms with Crippen LogP contribution in [0.25, 0.3) is 0 Å². The van der Waals surface area contributed by atoms with E-state index >= 15 is 0 Å². The Bertz CT molecular complexity index is 429. The molecule has 0 aliphatic carbocycles. The van der Waals surface area contributed by atoms with Crippen molar-refractivity contribution in [2.45, 2.75) is 58.6 Å². The number of ether oxygens (including phenoxy) is 1. The molecule has 2 N–H and O–H groups in total. The molecule has 124 valence electrons. The molecule has 1 rings (SSSR count). The number of hydrogen-bond donors (Lipinski definition) is 2. The number of aryl methyl sites for hydroxylation is 1. The average Bonchev–Trinajstić information content (AvgIpc) is 2.46. The Kier molecular flexibility index (Phi) is 8.60. The van der Waals surface area contributed by atoms with E-state index in [2.05, 4.69) is 29.7 Å². The van der Waals surface area contributed by atoms with Crippen LogP contribution >= 0.6 is 0 Å². The van der Waals surface area contributed by atoms with Gasteiger partial charge >= 0.3 is 0 Å². The van der Waals surface area contributed by atoms with Gasteiger partial charge in [-0.25, -0.2) is 0 Å². The summed E-state index contributed by atoms with van der Waals surface area (Å²) in [5.41, 5.74) is 1.27. The zero-order valence-electron chi connectivity index (χ0n) is 14.3. The summed E-state index contributed by atoms with van der Waals surface area (Å²) in [7, 11) is 1.90. The van der Waals surface area contributed by atoms with Crippen molar-refractivity contribution in [2.24, 2.45) is 0 Å². The lowest BCUT2D eigenvalue weighted by Gasteiger charge is -2.14. The van der Waals surface area contributed by atoms with Gasteiger partial charge in [0.05, 0.1) is 6.10 Å². The van der Waals surface area contributed by atoms with Crippen LogP contribution in [0.5, 0.6) is 5.75 Å². The Morgan fingerprint density at radius 3 is 2.45 bits per heavy atom. The topological polar surface area (TPSA) is 50.4 Å². The highest BCUT2D eigenvalue weighted by atomic mass is 16.5. The van der Waals surface area contributed by atoms with Gasteiger partial charge in [0.15, 0.2) is 0 Å². The maximum Gasteiger partial charge on any atom is 0.220 e. The average molecular weight is 306 g/mol. The zero-order valence-corrected chi connectivity index (χ0v) is 14.3. The highest BCUT2D eigenvalue weighted by Gasteiger charge is 2.07. The summed E-state index contributed by atoms with van der Waals surface area (Å²) >= 11 is 0. The predicted octanol–water partition coefficient (Wildman–Crippen LogP) is 2.91. The van der Waals surface area contributed by atoms with Crippen molar-refractivity contribution in [3.63, 3.8) is 0 Å². The molecule has 1 aromatic rings. The normalized spacial score (nSPS) is 12.2. The van der Waals surface area contributed by atoms with Crippen molar-refractivity contribution < 1.29 is 9.53 Å². The molecule has 4 heteroatoms. The molecule has 0 heterocycles. The summed E-state index contributed by atoms with van der Waals surface area (Å²) in [5, 5.41) is 6.10. The van der Waals surface area contributed by atoms with E-state index in [-0.39, 0.29) is 18.1 Å². The first-order chi connectivity index (χ1) is 10.5. The molecule has 0 spiro atoms. The molecule has 1 unspecified atom stereocenters. The number of carbonyl (C=O) groups is 1. The minimum atomic E-state index is 0.142. The third kappa shape index (κ3) is 8.03. The van der Waals surface area contributed by atoms with E-state index in [0.29, 0.717) is 6.42 Å². The quantitative estimate of drug-likeness (QED) is 0.654. The number of benzene rings is 1. The molecular weight excluding hydrogens is 276 g/mol. The number of hydrogen-bond acceptors (Lipinski definition) is 3. The van der Waals surface area contributed by atoms with Gasteiger partial charge < -0.3 is 15.4 Å². The number of amides is 1. The number of rotatable bonds is 10. The molecule has 0 saturated carbocycles. The van der Waals surface area contributed by atoms with E-state index in [1.54, 1.807) is 0 Å². The van der Waals surface area contributed by atoms with Crippen LogP contribution in [-0.2, 0) is 11.2 Å². The lowest BCUT2D eigenvalue weighted by molar-refractivity contribution is -0.121.